The number of nitrogens with one attached hydrogen (secondary N) is 1. The Kier molecular flexibility index (Phi) is 4.91. The summed E-state index contributed by atoms with van der Waals surface area (Å²) in [6.45, 7) is 1.92. The van der Waals surface area contributed by atoms with Crippen molar-refractivity contribution in [2.75, 3.05) is 27.9 Å². The third-order valence-corrected chi connectivity index (χ3v) is 3.71. The molecule has 0 spiro atoms. The number of hydrogen-bond donors (Lipinski definition) is 1. The van der Waals surface area contributed by atoms with Crippen LogP contribution in [0.1, 0.15) is 24.8 Å². The van der Waals surface area contributed by atoms with Crippen LogP contribution in [0, 0.1) is 5.92 Å². The van der Waals surface area contributed by atoms with Crippen LogP contribution in [-0.4, -0.2) is 27.9 Å². The molecule has 0 unspecified atom stereocenters. The Morgan fingerprint density at radius 1 is 1.05 bits per heavy atom. The zero-order valence-corrected chi connectivity index (χ0v) is 12.0. The second-order valence-corrected chi connectivity index (χ2v) is 4.96. The van der Waals surface area contributed by atoms with Gasteiger partial charge in [-0.05, 0) is 43.0 Å². The summed E-state index contributed by atoms with van der Waals surface area (Å²) in [4.78, 5) is 0. The fourth-order valence-electron chi connectivity index (χ4n) is 2.36. The summed E-state index contributed by atoms with van der Waals surface area (Å²) < 4.78 is 16.0. The van der Waals surface area contributed by atoms with E-state index in [1.165, 1.54) is 19.3 Å². The monoisotopic (exact) mass is 265 g/mol. The van der Waals surface area contributed by atoms with E-state index in [1.807, 2.05) is 12.1 Å². The van der Waals surface area contributed by atoms with Gasteiger partial charge in [-0.25, -0.2) is 0 Å². The van der Waals surface area contributed by atoms with Crippen molar-refractivity contribution in [1.82, 2.24) is 5.32 Å². The van der Waals surface area contributed by atoms with Gasteiger partial charge in [-0.3, -0.25) is 0 Å². The molecule has 0 heterocycles. The largest absolute Gasteiger partial charge is 0.493 e. The van der Waals surface area contributed by atoms with Crippen molar-refractivity contribution in [3.05, 3.63) is 17.7 Å². The molecule has 1 aromatic rings. The van der Waals surface area contributed by atoms with Crippen molar-refractivity contribution in [2.24, 2.45) is 5.92 Å². The molecule has 1 N–H and O–H groups in total. The number of rotatable bonds is 7. The summed E-state index contributed by atoms with van der Waals surface area (Å²) in [6, 6.07) is 3.99. The molecule has 0 radical (unpaired) electrons. The maximum absolute atomic E-state index is 5.35. The van der Waals surface area contributed by atoms with Gasteiger partial charge >= 0.3 is 0 Å². The predicted molar refractivity (Wildman–Crippen MR) is 75.1 cm³/mol. The first-order valence-corrected chi connectivity index (χ1v) is 6.78. The minimum atomic E-state index is 0.646. The molecule has 106 valence electrons. The van der Waals surface area contributed by atoms with Crippen molar-refractivity contribution >= 4 is 0 Å². The van der Waals surface area contributed by atoms with Crippen LogP contribution < -0.4 is 19.5 Å². The highest BCUT2D eigenvalue weighted by atomic mass is 16.5. The molecule has 0 amide bonds. The van der Waals surface area contributed by atoms with Crippen LogP contribution in [0.4, 0.5) is 0 Å². The second kappa shape index (κ2) is 6.66. The molecule has 1 aliphatic rings. The predicted octanol–water partition coefficient (Wildman–Crippen LogP) is 2.60. The number of methoxy groups -OCH3 is 3. The van der Waals surface area contributed by atoms with Crippen molar-refractivity contribution in [3.63, 3.8) is 0 Å². The third kappa shape index (κ3) is 3.32. The van der Waals surface area contributed by atoms with E-state index in [-0.39, 0.29) is 0 Å². The van der Waals surface area contributed by atoms with Gasteiger partial charge in [0.2, 0.25) is 5.75 Å². The first-order valence-electron chi connectivity index (χ1n) is 6.78. The lowest BCUT2D eigenvalue weighted by molar-refractivity contribution is 0.300. The van der Waals surface area contributed by atoms with E-state index in [2.05, 4.69) is 5.32 Å². The van der Waals surface area contributed by atoms with Crippen molar-refractivity contribution in [2.45, 2.75) is 25.8 Å². The van der Waals surface area contributed by atoms with Crippen LogP contribution in [0.25, 0.3) is 0 Å². The van der Waals surface area contributed by atoms with Crippen molar-refractivity contribution in [3.8, 4) is 17.2 Å². The maximum Gasteiger partial charge on any atom is 0.203 e. The van der Waals surface area contributed by atoms with Gasteiger partial charge in [0.05, 0.1) is 21.3 Å². The molecule has 0 aliphatic heterocycles. The zero-order chi connectivity index (χ0) is 13.7. The number of ether oxygens (including phenoxy) is 3. The summed E-state index contributed by atoms with van der Waals surface area (Å²) in [5.41, 5.74) is 1.15. The van der Waals surface area contributed by atoms with Gasteiger partial charge in [-0.15, -0.1) is 0 Å². The van der Waals surface area contributed by atoms with Gasteiger partial charge in [-0.1, -0.05) is 6.42 Å². The lowest BCUT2D eigenvalue weighted by Gasteiger charge is -2.25. The highest BCUT2D eigenvalue weighted by Crippen LogP contribution is 2.38. The molecule has 2 rings (SSSR count). The molecule has 0 aromatic heterocycles. The first-order chi connectivity index (χ1) is 9.28. The quantitative estimate of drug-likeness (QED) is 0.822. The molecule has 1 aromatic carbocycles. The topological polar surface area (TPSA) is 39.7 Å². The lowest BCUT2D eigenvalue weighted by Crippen LogP contribution is -2.26. The first kappa shape index (κ1) is 14.0. The summed E-state index contributed by atoms with van der Waals surface area (Å²) in [5, 5.41) is 3.49. The summed E-state index contributed by atoms with van der Waals surface area (Å²) in [5.74, 6) is 2.93. The highest BCUT2D eigenvalue weighted by Gasteiger charge is 2.17. The maximum atomic E-state index is 5.35. The SMILES string of the molecule is COc1cc(CNCC2CCC2)cc(OC)c1OC. The molecular formula is C15H23NO3. The Morgan fingerprint density at radius 3 is 2.11 bits per heavy atom. The number of benzene rings is 1. The summed E-state index contributed by atoms with van der Waals surface area (Å²) >= 11 is 0. The molecule has 1 fully saturated rings. The Balaban J connectivity index is 2.02. The Bertz CT molecular complexity index is 391. The Morgan fingerprint density at radius 2 is 1.68 bits per heavy atom. The second-order valence-electron chi connectivity index (χ2n) is 4.96. The van der Waals surface area contributed by atoms with E-state index in [0.29, 0.717) is 17.2 Å². The summed E-state index contributed by atoms with van der Waals surface area (Å²) in [7, 11) is 4.90. The van der Waals surface area contributed by atoms with E-state index in [1.54, 1.807) is 21.3 Å². The van der Waals surface area contributed by atoms with Crippen LogP contribution in [0.15, 0.2) is 12.1 Å². The fraction of sp³-hybridized carbons (Fsp3) is 0.600. The molecule has 4 nitrogen and oxygen atoms in total. The average Bonchev–Trinajstić information content (AvgIpc) is 2.40. The van der Waals surface area contributed by atoms with Crippen LogP contribution in [-0.2, 0) is 6.54 Å². The van der Waals surface area contributed by atoms with E-state index in [4.69, 9.17) is 14.2 Å². The van der Waals surface area contributed by atoms with E-state index < -0.39 is 0 Å². The van der Waals surface area contributed by atoms with Crippen LogP contribution in [0.3, 0.4) is 0 Å². The van der Waals surface area contributed by atoms with E-state index in [9.17, 15) is 0 Å². The smallest absolute Gasteiger partial charge is 0.203 e. The molecule has 4 heteroatoms. The standard InChI is InChI=1S/C15H23NO3/c1-17-13-7-12(8-14(18-2)15(13)19-3)10-16-9-11-5-4-6-11/h7-8,11,16H,4-6,9-10H2,1-3H3. The van der Waals surface area contributed by atoms with Gasteiger partial charge in [0, 0.05) is 6.54 Å². The van der Waals surface area contributed by atoms with E-state index in [0.717, 1.165) is 24.6 Å². The van der Waals surface area contributed by atoms with Gasteiger partial charge in [-0.2, -0.15) is 0 Å². The third-order valence-electron chi connectivity index (χ3n) is 3.71. The minimum absolute atomic E-state index is 0.646. The Hall–Kier alpha value is -1.42. The zero-order valence-electron chi connectivity index (χ0n) is 12.0. The molecule has 0 atom stereocenters. The van der Waals surface area contributed by atoms with Gasteiger partial charge < -0.3 is 19.5 Å². The van der Waals surface area contributed by atoms with Crippen LogP contribution in [0.2, 0.25) is 0 Å². The molecule has 19 heavy (non-hydrogen) atoms. The number of hydrogen-bond acceptors (Lipinski definition) is 4. The molecular weight excluding hydrogens is 242 g/mol. The van der Waals surface area contributed by atoms with Gasteiger partial charge in [0.25, 0.3) is 0 Å². The van der Waals surface area contributed by atoms with Crippen LogP contribution >= 0.6 is 0 Å². The van der Waals surface area contributed by atoms with Crippen LogP contribution in [0.5, 0.6) is 17.2 Å². The van der Waals surface area contributed by atoms with Crippen molar-refractivity contribution in [1.29, 1.82) is 0 Å². The van der Waals surface area contributed by atoms with Gasteiger partial charge in [0.1, 0.15) is 0 Å². The molecule has 0 saturated heterocycles. The fourth-order valence-corrected chi connectivity index (χ4v) is 2.36. The normalized spacial score (nSPS) is 14.9. The summed E-state index contributed by atoms with van der Waals surface area (Å²) in [6.07, 6.45) is 4.11. The van der Waals surface area contributed by atoms with Gasteiger partial charge in [0.15, 0.2) is 11.5 Å². The average molecular weight is 265 g/mol. The molecule has 0 bridgehead atoms. The highest BCUT2D eigenvalue weighted by molar-refractivity contribution is 5.53. The lowest BCUT2D eigenvalue weighted by atomic mass is 9.85. The van der Waals surface area contributed by atoms with E-state index >= 15 is 0 Å². The molecule has 1 aliphatic carbocycles. The minimum Gasteiger partial charge on any atom is -0.493 e. The molecule has 1 saturated carbocycles. The Labute approximate surface area is 115 Å². The van der Waals surface area contributed by atoms with Crippen molar-refractivity contribution < 1.29 is 14.2 Å².